The van der Waals surface area contributed by atoms with Gasteiger partial charge >= 0.3 is 0 Å². The average Bonchev–Trinajstić information content (AvgIpc) is 2.76. The van der Waals surface area contributed by atoms with Crippen LogP contribution >= 0.6 is 0 Å². The van der Waals surface area contributed by atoms with E-state index in [1.807, 2.05) is 0 Å². The molecular formula is C15H26N2O. The van der Waals surface area contributed by atoms with Crippen LogP contribution in [0.15, 0.2) is 0 Å². The van der Waals surface area contributed by atoms with Gasteiger partial charge in [-0.2, -0.15) is 5.26 Å². The monoisotopic (exact) mass is 250 g/mol. The third-order valence-corrected chi connectivity index (χ3v) is 4.28. The summed E-state index contributed by atoms with van der Waals surface area (Å²) in [4.78, 5) is 0. The van der Waals surface area contributed by atoms with Crippen LogP contribution in [0.3, 0.4) is 0 Å². The summed E-state index contributed by atoms with van der Waals surface area (Å²) >= 11 is 0. The normalized spacial score (nSPS) is 39.4. The number of nitriles is 1. The number of nitrogens with zero attached hydrogens (tertiary/aromatic N) is 1. The minimum absolute atomic E-state index is 0.261. The van der Waals surface area contributed by atoms with Gasteiger partial charge < -0.3 is 4.74 Å². The molecule has 0 aromatic heterocycles. The van der Waals surface area contributed by atoms with E-state index < -0.39 is 0 Å². The summed E-state index contributed by atoms with van der Waals surface area (Å²) in [5.41, 5.74) is -0.0793. The second-order valence-electron chi connectivity index (χ2n) is 7.06. The van der Waals surface area contributed by atoms with Gasteiger partial charge in [0.05, 0.1) is 12.2 Å². The number of rotatable bonds is 3. The first kappa shape index (κ1) is 13.8. The highest BCUT2D eigenvalue weighted by Crippen LogP contribution is 2.43. The maximum atomic E-state index is 9.61. The molecule has 0 aromatic rings. The quantitative estimate of drug-likeness (QED) is 0.837. The summed E-state index contributed by atoms with van der Waals surface area (Å²) in [7, 11) is 0. The van der Waals surface area contributed by atoms with E-state index in [0.29, 0.717) is 12.0 Å². The molecule has 0 bridgehead atoms. The SMILES string of the molecule is CC1CC(C)(C)CC(C#N)(NCC2CCCO2)C1. The fourth-order valence-electron chi connectivity index (χ4n) is 3.95. The first-order chi connectivity index (χ1) is 8.45. The van der Waals surface area contributed by atoms with Crippen molar-refractivity contribution in [3.63, 3.8) is 0 Å². The predicted octanol–water partition coefficient (Wildman–Crippen LogP) is 2.86. The molecule has 102 valence electrons. The van der Waals surface area contributed by atoms with Crippen LogP contribution in [-0.4, -0.2) is 24.8 Å². The summed E-state index contributed by atoms with van der Waals surface area (Å²) in [6, 6.07) is 2.56. The second-order valence-corrected chi connectivity index (χ2v) is 7.06. The van der Waals surface area contributed by atoms with Gasteiger partial charge in [0, 0.05) is 13.2 Å². The van der Waals surface area contributed by atoms with E-state index in [0.717, 1.165) is 38.8 Å². The zero-order valence-corrected chi connectivity index (χ0v) is 12.0. The van der Waals surface area contributed by atoms with Gasteiger partial charge in [0.1, 0.15) is 5.54 Å². The van der Waals surface area contributed by atoms with Crippen molar-refractivity contribution < 1.29 is 4.74 Å². The molecule has 1 aliphatic carbocycles. The molecule has 0 amide bonds. The molecule has 1 saturated carbocycles. The third-order valence-electron chi connectivity index (χ3n) is 4.28. The Kier molecular flexibility index (Phi) is 3.99. The van der Waals surface area contributed by atoms with Crippen LogP contribution in [0.25, 0.3) is 0 Å². The van der Waals surface area contributed by atoms with E-state index in [1.165, 1.54) is 6.42 Å². The zero-order valence-electron chi connectivity index (χ0n) is 12.0. The number of ether oxygens (including phenoxy) is 1. The Morgan fingerprint density at radius 2 is 2.17 bits per heavy atom. The first-order valence-corrected chi connectivity index (χ1v) is 7.23. The molecule has 3 nitrogen and oxygen atoms in total. The van der Waals surface area contributed by atoms with E-state index in [9.17, 15) is 5.26 Å². The molecule has 3 atom stereocenters. The number of hydrogen-bond acceptors (Lipinski definition) is 3. The van der Waals surface area contributed by atoms with Crippen LogP contribution in [0.1, 0.15) is 52.9 Å². The van der Waals surface area contributed by atoms with Gasteiger partial charge in [-0.3, -0.25) is 5.32 Å². The summed E-state index contributed by atoms with van der Waals surface area (Å²) in [6.07, 6.45) is 5.75. The Balaban J connectivity index is 1.98. The molecule has 3 unspecified atom stereocenters. The largest absolute Gasteiger partial charge is 0.377 e. The van der Waals surface area contributed by atoms with Crippen LogP contribution in [0, 0.1) is 22.7 Å². The standard InChI is InChI=1S/C15H26N2O/c1-12-7-14(2,3)10-15(8-12,11-16)17-9-13-5-4-6-18-13/h12-13,17H,4-10H2,1-3H3. The van der Waals surface area contributed by atoms with E-state index in [1.54, 1.807) is 0 Å². The van der Waals surface area contributed by atoms with E-state index in [-0.39, 0.29) is 11.0 Å². The van der Waals surface area contributed by atoms with Crippen LogP contribution in [0.4, 0.5) is 0 Å². The Hall–Kier alpha value is -0.590. The van der Waals surface area contributed by atoms with Crippen molar-refractivity contribution in [1.82, 2.24) is 5.32 Å². The zero-order chi connectivity index (χ0) is 13.2. The predicted molar refractivity (Wildman–Crippen MR) is 72.1 cm³/mol. The molecule has 2 aliphatic rings. The van der Waals surface area contributed by atoms with Crippen LogP contribution in [-0.2, 0) is 4.74 Å². The second kappa shape index (κ2) is 5.19. The third kappa shape index (κ3) is 3.24. The Labute approximate surface area is 111 Å². The lowest BCUT2D eigenvalue weighted by Gasteiger charge is -2.44. The highest BCUT2D eigenvalue weighted by molar-refractivity contribution is 5.12. The van der Waals surface area contributed by atoms with Gasteiger partial charge in [-0.1, -0.05) is 20.8 Å². The molecule has 0 radical (unpaired) electrons. The van der Waals surface area contributed by atoms with Crippen molar-refractivity contribution in [2.24, 2.45) is 11.3 Å². The first-order valence-electron chi connectivity index (χ1n) is 7.23. The van der Waals surface area contributed by atoms with Crippen molar-refractivity contribution >= 4 is 0 Å². The van der Waals surface area contributed by atoms with Gasteiger partial charge in [0.2, 0.25) is 0 Å². The fraction of sp³-hybridized carbons (Fsp3) is 0.933. The fourth-order valence-corrected chi connectivity index (χ4v) is 3.95. The number of hydrogen-bond donors (Lipinski definition) is 1. The maximum Gasteiger partial charge on any atom is 0.107 e. The number of nitrogens with one attached hydrogen (secondary N) is 1. The minimum atomic E-state index is -0.340. The minimum Gasteiger partial charge on any atom is -0.377 e. The van der Waals surface area contributed by atoms with Crippen LogP contribution in [0.5, 0.6) is 0 Å². The topological polar surface area (TPSA) is 45.0 Å². The van der Waals surface area contributed by atoms with E-state index >= 15 is 0 Å². The summed E-state index contributed by atoms with van der Waals surface area (Å²) in [5, 5.41) is 13.1. The summed E-state index contributed by atoms with van der Waals surface area (Å²) in [6.45, 7) is 8.54. The molecule has 1 N–H and O–H groups in total. The Bertz CT molecular complexity index is 328. The average molecular weight is 250 g/mol. The van der Waals surface area contributed by atoms with E-state index in [4.69, 9.17) is 4.74 Å². The van der Waals surface area contributed by atoms with Crippen LogP contribution < -0.4 is 5.32 Å². The van der Waals surface area contributed by atoms with Crippen molar-refractivity contribution in [2.45, 2.75) is 64.5 Å². The summed E-state index contributed by atoms with van der Waals surface area (Å²) in [5.74, 6) is 0.616. The molecular weight excluding hydrogens is 224 g/mol. The molecule has 2 rings (SSSR count). The van der Waals surface area contributed by atoms with Gasteiger partial charge in [0.25, 0.3) is 0 Å². The van der Waals surface area contributed by atoms with Gasteiger partial charge in [-0.25, -0.2) is 0 Å². The molecule has 2 fully saturated rings. The molecule has 1 saturated heterocycles. The van der Waals surface area contributed by atoms with Crippen molar-refractivity contribution in [2.75, 3.05) is 13.2 Å². The van der Waals surface area contributed by atoms with Crippen molar-refractivity contribution in [3.8, 4) is 6.07 Å². The highest BCUT2D eigenvalue weighted by atomic mass is 16.5. The molecule has 0 aromatic carbocycles. The highest BCUT2D eigenvalue weighted by Gasteiger charge is 2.43. The van der Waals surface area contributed by atoms with Gasteiger partial charge in [-0.15, -0.1) is 0 Å². The van der Waals surface area contributed by atoms with Crippen LogP contribution in [0.2, 0.25) is 0 Å². The van der Waals surface area contributed by atoms with Gasteiger partial charge in [0.15, 0.2) is 0 Å². The van der Waals surface area contributed by atoms with Crippen molar-refractivity contribution in [3.05, 3.63) is 0 Å². The maximum absolute atomic E-state index is 9.61. The Morgan fingerprint density at radius 1 is 1.39 bits per heavy atom. The van der Waals surface area contributed by atoms with E-state index in [2.05, 4.69) is 32.2 Å². The molecule has 0 spiro atoms. The lowest BCUT2D eigenvalue weighted by Crippen LogP contribution is -2.53. The summed E-state index contributed by atoms with van der Waals surface area (Å²) < 4.78 is 5.64. The molecule has 18 heavy (non-hydrogen) atoms. The smallest absolute Gasteiger partial charge is 0.107 e. The van der Waals surface area contributed by atoms with Crippen molar-refractivity contribution in [1.29, 1.82) is 5.26 Å². The molecule has 1 heterocycles. The lowest BCUT2D eigenvalue weighted by atomic mass is 9.64. The molecule has 1 aliphatic heterocycles. The lowest BCUT2D eigenvalue weighted by molar-refractivity contribution is 0.0778. The molecule has 3 heteroatoms. The van der Waals surface area contributed by atoms with Gasteiger partial charge in [-0.05, 0) is 43.4 Å². The Morgan fingerprint density at radius 3 is 2.72 bits per heavy atom.